The summed E-state index contributed by atoms with van der Waals surface area (Å²) in [5.74, 6) is 1.53. The van der Waals surface area contributed by atoms with Crippen molar-refractivity contribution in [2.45, 2.75) is 13.0 Å². The molecule has 1 aliphatic heterocycles. The zero-order chi connectivity index (χ0) is 18.5. The summed E-state index contributed by atoms with van der Waals surface area (Å²) in [6.07, 6.45) is 0.960. The van der Waals surface area contributed by atoms with Crippen LogP contribution in [0.3, 0.4) is 0 Å². The molecule has 1 fully saturated rings. The van der Waals surface area contributed by atoms with Crippen molar-refractivity contribution in [3.8, 4) is 11.5 Å². The molecule has 1 amide bonds. The number of hydrogen-bond acceptors (Lipinski definition) is 4. The summed E-state index contributed by atoms with van der Waals surface area (Å²) in [7, 11) is 1.57. The Labute approximate surface area is 158 Å². The van der Waals surface area contributed by atoms with Crippen molar-refractivity contribution in [1.29, 1.82) is 0 Å². The Morgan fingerprint density at radius 2 is 2.00 bits per heavy atom. The van der Waals surface area contributed by atoms with Crippen molar-refractivity contribution in [1.82, 2.24) is 4.90 Å². The molecule has 1 aliphatic rings. The zero-order valence-corrected chi connectivity index (χ0v) is 15.5. The first-order valence-corrected chi connectivity index (χ1v) is 9.03. The Kier molecular flexibility index (Phi) is 6.01. The van der Waals surface area contributed by atoms with E-state index in [4.69, 9.17) is 26.8 Å². The van der Waals surface area contributed by atoms with Gasteiger partial charge in [0.25, 0.3) is 5.91 Å². The van der Waals surface area contributed by atoms with Crippen LogP contribution in [0.1, 0.15) is 22.3 Å². The molecule has 2 aromatic carbocycles. The molecule has 0 saturated carbocycles. The van der Waals surface area contributed by atoms with Crippen molar-refractivity contribution in [2.24, 2.45) is 11.7 Å². The van der Waals surface area contributed by atoms with Crippen LogP contribution in [-0.2, 0) is 6.61 Å². The molecule has 26 heavy (non-hydrogen) atoms. The van der Waals surface area contributed by atoms with Crippen molar-refractivity contribution in [2.75, 3.05) is 26.7 Å². The van der Waals surface area contributed by atoms with Gasteiger partial charge in [-0.2, -0.15) is 0 Å². The Bertz CT molecular complexity index is 764. The summed E-state index contributed by atoms with van der Waals surface area (Å²) in [4.78, 5) is 14.5. The first-order valence-electron chi connectivity index (χ1n) is 8.65. The van der Waals surface area contributed by atoms with E-state index >= 15 is 0 Å². The molecule has 0 aliphatic carbocycles. The van der Waals surface area contributed by atoms with Gasteiger partial charge in [-0.15, -0.1) is 0 Å². The van der Waals surface area contributed by atoms with Gasteiger partial charge in [-0.1, -0.05) is 23.7 Å². The van der Waals surface area contributed by atoms with Gasteiger partial charge in [-0.3, -0.25) is 4.79 Å². The van der Waals surface area contributed by atoms with Crippen LogP contribution < -0.4 is 15.2 Å². The Morgan fingerprint density at radius 3 is 2.65 bits per heavy atom. The lowest BCUT2D eigenvalue weighted by molar-refractivity contribution is 0.0787. The van der Waals surface area contributed by atoms with Crippen LogP contribution in [0.25, 0.3) is 0 Å². The number of benzene rings is 2. The number of amides is 1. The molecule has 1 saturated heterocycles. The number of likely N-dealkylation sites (tertiary alicyclic amines) is 1. The van der Waals surface area contributed by atoms with Crippen LogP contribution in [0.2, 0.25) is 5.02 Å². The summed E-state index contributed by atoms with van der Waals surface area (Å²) in [5.41, 5.74) is 7.31. The average molecular weight is 375 g/mol. The van der Waals surface area contributed by atoms with Crippen LogP contribution in [-0.4, -0.2) is 37.6 Å². The largest absolute Gasteiger partial charge is 0.493 e. The van der Waals surface area contributed by atoms with Gasteiger partial charge in [0, 0.05) is 23.7 Å². The van der Waals surface area contributed by atoms with Gasteiger partial charge < -0.3 is 20.1 Å². The number of nitrogens with two attached hydrogens (primary N) is 1. The number of rotatable bonds is 6. The second-order valence-electron chi connectivity index (χ2n) is 6.42. The molecule has 0 radical (unpaired) electrons. The second kappa shape index (κ2) is 8.43. The number of halogens is 1. The highest BCUT2D eigenvalue weighted by atomic mass is 35.5. The van der Waals surface area contributed by atoms with Crippen LogP contribution in [0, 0.1) is 5.92 Å². The molecule has 0 bridgehead atoms. The lowest BCUT2D eigenvalue weighted by Crippen LogP contribution is -2.29. The molecule has 6 heteroatoms. The smallest absolute Gasteiger partial charge is 0.254 e. The topological polar surface area (TPSA) is 64.8 Å². The predicted octanol–water partition coefficient (Wildman–Crippen LogP) is 3.35. The lowest BCUT2D eigenvalue weighted by atomic mass is 10.1. The summed E-state index contributed by atoms with van der Waals surface area (Å²) >= 11 is 5.89. The Morgan fingerprint density at radius 1 is 1.23 bits per heavy atom. The fourth-order valence-corrected chi connectivity index (χ4v) is 3.18. The normalized spacial score (nSPS) is 16.6. The number of hydrogen-bond donors (Lipinski definition) is 1. The van der Waals surface area contributed by atoms with E-state index in [1.807, 2.05) is 29.2 Å². The third-order valence-electron chi connectivity index (χ3n) is 4.62. The number of methoxy groups -OCH3 is 1. The lowest BCUT2D eigenvalue weighted by Gasteiger charge is -2.18. The first kappa shape index (κ1) is 18.5. The molecular formula is C20H23ClN2O3. The van der Waals surface area contributed by atoms with E-state index in [1.54, 1.807) is 25.3 Å². The molecule has 0 aromatic heterocycles. The van der Waals surface area contributed by atoms with Crippen LogP contribution >= 0.6 is 11.6 Å². The van der Waals surface area contributed by atoms with Crippen molar-refractivity contribution in [3.05, 3.63) is 58.6 Å². The van der Waals surface area contributed by atoms with Gasteiger partial charge in [0.05, 0.1) is 7.11 Å². The van der Waals surface area contributed by atoms with E-state index in [2.05, 4.69) is 0 Å². The fourth-order valence-electron chi connectivity index (χ4n) is 3.05. The van der Waals surface area contributed by atoms with Gasteiger partial charge in [0.15, 0.2) is 11.5 Å². The molecule has 138 valence electrons. The predicted molar refractivity (Wildman–Crippen MR) is 102 cm³/mol. The molecule has 5 nitrogen and oxygen atoms in total. The highest BCUT2D eigenvalue weighted by Crippen LogP contribution is 2.30. The number of carbonyl (C=O) groups is 1. The quantitative estimate of drug-likeness (QED) is 0.842. The number of carbonyl (C=O) groups excluding carboxylic acids is 1. The summed E-state index contributed by atoms with van der Waals surface area (Å²) in [5, 5.41) is 0.688. The van der Waals surface area contributed by atoms with E-state index in [0.29, 0.717) is 47.7 Å². The van der Waals surface area contributed by atoms with E-state index in [9.17, 15) is 4.79 Å². The fraction of sp³-hybridized carbons (Fsp3) is 0.350. The molecule has 3 rings (SSSR count). The molecule has 2 aromatic rings. The van der Waals surface area contributed by atoms with E-state index < -0.39 is 0 Å². The minimum absolute atomic E-state index is 0.00324. The highest BCUT2D eigenvalue weighted by Gasteiger charge is 2.26. The highest BCUT2D eigenvalue weighted by molar-refractivity contribution is 6.30. The number of nitrogens with zero attached hydrogens (tertiary/aromatic N) is 1. The van der Waals surface area contributed by atoms with Gasteiger partial charge in [-0.25, -0.2) is 0 Å². The van der Waals surface area contributed by atoms with Crippen LogP contribution in [0.4, 0.5) is 0 Å². The molecule has 1 atom stereocenters. The van der Waals surface area contributed by atoms with Gasteiger partial charge in [0.2, 0.25) is 0 Å². The summed E-state index contributed by atoms with van der Waals surface area (Å²) in [6, 6.07) is 12.8. The summed E-state index contributed by atoms with van der Waals surface area (Å²) < 4.78 is 11.3. The monoisotopic (exact) mass is 374 g/mol. The average Bonchev–Trinajstić information content (AvgIpc) is 3.16. The maximum absolute atomic E-state index is 12.7. The molecule has 1 heterocycles. The molecular weight excluding hydrogens is 352 g/mol. The first-order chi connectivity index (χ1) is 12.6. The van der Waals surface area contributed by atoms with Crippen LogP contribution in [0.15, 0.2) is 42.5 Å². The van der Waals surface area contributed by atoms with Crippen molar-refractivity contribution >= 4 is 17.5 Å². The second-order valence-corrected chi connectivity index (χ2v) is 6.86. The van der Waals surface area contributed by atoms with Gasteiger partial charge in [0.1, 0.15) is 6.61 Å². The SMILES string of the molecule is COc1cc(C(=O)N2CCC(CN)C2)ccc1OCc1ccc(Cl)cc1. The van der Waals surface area contributed by atoms with Crippen molar-refractivity contribution < 1.29 is 14.3 Å². The van der Waals surface area contributed by atoms with Gasteiger partial charge in [-0.05, 0) is 54.8 Å². The third kappa shape index (κ3) is 4.29. The molecule has 1 unspecified atom stereocenters. The van der Waals surface area contributed by atoms with E-state index in [1.165, 1.54) is 0 Å². The Balaban J connectivity index is 1.69. The summed E-state index contributed by atoms with van der Waals surface area (Å²) in [6.45, 7) is 2.47. The Hall–Kier alpha value is -2.24. The minimum atomic E-state index is 0.00324. The minimum Gasteiger partial charge on any atom is -0.493 e. The van der Waals surface area contributed by atoms with E-state index in [0.717, 1.165) is 18.5 Å². The van der Waals surface area contributed by atoms with Crippen molar-refractivity contribution in [3.63, 3.8) is 0 Å². The maximum atomic E-state index is 12.7. The van der Waals surface area contributed by atoms with E-state index in [-0.39, 0.29) is 5.91 Å². The number of ether oxygens (including phenoxy) is 2. The zero-order valence-electron chi connectivity index (χ0n) is 14.8. The van der Waals surface area contributed by atoms with Gasteiger partial charge >= 0.3 is 0 Å². The third-order valence-corrected chi connectivity index (χ3v) is 4.88. The molecule has 0 spiro atoms. The van der Waals surface area contributed by atoms with Crippen LogP contribution in [0.5, 0.6) is 11.5 Å². The maximum Gasteiger partial charge on any atom is 0.254 e. The standard InChI is InChI=1S/C20H23ClN2O3/c1-25-19-10-16(20(24)23-9-8-15(11-22)12-23)4-7-18(19)26-13-14-2-5-17(21)6-3-14/h2-7,10,15H,8-9,11-13,22H2,1H3. The molecule has 2 N–H and O–H groups in total.